The first-order valence-corrected chi connectivity index (χ1v) is 9.55. The Balaban J connectivity index is 2.09. The van der Waals surface area contributed by atoms with E-state index in [1.807, 2.05) is 32.0 Å². The fourth-order valence-corrected chi connectivity index (χ4v) is 2.96. The van der Waals surface area contributed by atoms with Crippen LogP contribution in [0.5, 0.6) is 0 Å². The lowest BCUT2D eigenvalue weighted by Crippen LogP contribution is -2.22. The molecule has 0 radical (unpaired) electrons. The number of hydrogen-bond acceptors (Lipinski definition) is 4. The van der Waals surface area contributed by atoms with Crippen LogP contribution in [0, 0.1) is 13.8 Å². The van der Waals surface area contributed by atoms with Gasteiger partial charge in [0, 0.05) is 11.9 Å². The molecule has 0 saturated carbocycles. The number of benzene rings is 2. The number of carbonyl (C=O) groups is 1. The standard InChI is InChI=1S/C17H19ClN2O3S/c1-11-5-4-6-15(12(11)2)19-10-17(21)20-16-9-13(24(3,22)23)7-8-14(16)18/h4-9,19H,10H2,1-3H3,(H,20,21). The van der Waals surface area contributed by atoms with Crippen LogP contribution in [0.1, 0.15) is 11.1 Å². The Morgan fingerprint density at radius 2 is 1.83 bits per heavy atom. The molecule has 0 aliphatic rings. The summed E-state index contributed by atoms with van der Waals surface area (Å²) in [5.41, 5.74) is 3.35. The molecular formula is C17H19ClN2O3S. The van der Waals surface area contributed by atoms with Crippen LogP contribution in [0.2, 0.25) is 5.02 Å². The lowest BCUT2D eigenvalue weighted by molar-refractivity contribution is -0.114. The van der Waals surface area contributed by atoms with Gasteiger partial charge in [-0.1, -0.05) is 23.7 Å². The summed E-state index contributed by atoms with van der Waals surface area (Å²) in [5.74, 6) is -0.316. The van der Waals surface area contributed by atoms with Crippen LogP contribution >= 0.6 is 11.6 Å². The molecule has 0 aromatic heterocycles. The highest BCUT2D eigenvalue weighted by Crippen LogP contribution is 2.25. The molecule has 0 atom stereocenters. The predicted octanol–water partition coefficient (Wildman–Crippen LogP) is 3.41. The molecule has 0 spiro atoms. The van der Waals surface area contributed by atoms with Gasteiger partial charge in [-0.2, -0.15) is 0 Å². The molecule has 2 rings (SSSR count). The van der Waals surface area contributed by atoms with Crippen molar-refractivity contribution in [1.82, 2.24) is 0 Å². The van der Waals surface area contributed by atoms with Crippen molar-refractivity contribution in [1.29, 1.82) is 0 Å². The molecule has 0 fully saturated rings. The second kappa shape index (κ2) is 7.23. The largest absolute Gasteiger partial charge is 0.376 e. The second-order valence-electron chi connectivity index (χ2n) is 5.56. The Hall–Kier alpha value is -2.05. The van der Waals surface area contributed by atoms with E-state index in [9.17, 15) is 13.2 Å². The fraction of sp³-hybridized carbons (Fsp3) is 0.235. The van der Waals surface area contributed by atoms with Gasteiger partial charge in [0.2, 0.25) is 5.91 Å². The number of halogens is 1. The molecule has 2 N–H and O–H groups in total. The zero-order chi connectivity index (χ0) is 17.9. The summed E-state index contributed by atoms with van der Waals surface area (Å²) >= 11 is 6.02. The van der Waals surface area contributed by atoms with E-state index in [0.717, 1.165) is 23.1 Å². The van der Waals surface area contributed by atoms with E-state index in [0.29, 0.717) is 0 Å². The first-order valence-electron chi connectivity index (χ1n) is 7.28. The molecule has 0 unspecified atom stereocenters. The summed E-state index contributed by atoms with van der Waals surface area (Å²) in [4.78, 5) is 12.2. The van der Waals surface area contributed by atoms with Gasteiger partial charge in [-0.05, 0) is 49.2 Å². The second-order valence-corrected chi connectivity index (χ2v) is 7.99. The SMILES string of the molecule is Cc1cccc(NCC(=O)Nc2cc(S(C)(=O)=O)ccc2Cl)c1C. The highest BCUT2D eigenvalue weighted by molar-refractivity contribution is 7.90. The minimum absolute atomic E-state index is 0.0454. The molecule has 0 aliphatic heterocycles. The van der Waals surface area contributed by atoms with Gasteiger partial charge >= 0.3 is 0 Å². The van der Waals surface area contributed by atoms with Gasteiger partial charge in [-0.15, -0.1) is 0 Å². The maximum absolute atomic E-state index is 12.1. The number of sulfone groups is 1. The number of amides is 1. The molecule has 128 valence electrons. The summed E-state index contributed by atoms with van der Waals surface area (Å²) in [5, 5.41) is 5.97. The van der Waals surface area contributed by atoms with Crippen molar-refractivity contribution in [3.8, 4) is 0 Å². The third-order valence-corrected chi connectivity index (χ3v) is 5.12. The number of hydrogen-bond donors (Lipinski definition) is 2. The van der Waals surface area contributed by atoms with Gasteiger partial charge in [-0.25, -0.2) is 8.42 Å². The van der Waals surface area contributed by atoms with Crippen LogP contribution in [0.15, 0.2) is 41.3 Å². The molecule has 2 aromatic rings. The molecular weight excluding hydrogens is 348 g/mol. The van der Waals surface area contributed by atoms with Crippen LogP contribution in [-0.4, -0.2) is 27.1 Å². The van der Waals surface area contributed by atoms with E-state index in [4.69, 9.17) is 11.6 Å². The highest BCUT2D eigenvalue weighted by atomic mass is 35.5. The number of carbonyl (C=O) groups excluding carboxylic acids is 1. The molecule has 2 aromatic carbocycles. The Morgan fingerprint density at radius 1 is 1.12 bits per heavy atom. The number of anilines is 2. The Morgan fingerprint density at radius 3 is 2.50 bits per heavy atom. The molecule has 24 heavy (non-hydrogen) atoms. The average molecular weight is 367 g/mol. The molecule has 0 bridgehead atoms. The lowest BCUT2D eigenvalue weighted by atomic mass is 10.1. The Kier molecular flexibility index (Phi) is 5.51. The zero-order valence-corrected chi connectivity index (χ0v) is 15.3. The van der Waals surface area contributed by atoms with Crippen molar-refractivity contribution in [2.24, 2.45) is 0 Å². The van der Waals surface area contributed by atoms with Gasteiger partial charge in [-0.3, -0.25) is 4.79 Å². The van der Waals surface area contributed by atoms with E-state index < -0.39 is 9.84 Å². The Bertz CT molecular complexity index is 879. The highest BCUT2D eigenvalue weighted by Gasteiger charge is 2.12. The predicted molar refractivity (Wildman–Crippen MR) is 97.6 cm³/mol. The maximum atomic E-state index is 12.1. The van der Waals surface area contributed by atoms with Gasteiger partial charge < -0.3 is 10.6 Å². The summed E-state index contributed by atoms with van der Waals surface area (Å²) in [7, 11) is -3.37. The van der Waals surface area contributed by atoms with E-state index in [2.05, 4.69) is 10.6 Å². The molecule has 0 aliphatic carbocycles. The van der Waals surface area contributed by atoms with Crippen molar-refractivity contribution in [3.63, 3.8) is 0 Å². The normalized spacial score (nSPS) is 11.2. The minimum Gasteiger partial charge on any atom is -0.376 e. The lowest BCUT2D eigenvalue weighted by Gasteiger charge is -2.12. The smallest absolute Gasteiger partial charge is 0.243 e. The van der Waals surface area contributed by atoms with Crippen molar-refractivity contribution in [3.05, 3.63) is 52.5 Å². The first kappa shape index (κ1) is 18.3. The number of rotatable bonds is 5. The summed E-state index contributed by atoms with van der Waals surface area (Å²) in [6, 6.07) is 10.0. The van der Waals surface area contributed by atoms with Crippen LogP contribution in [0.25, 0.3) is 0 Å². The van der Waals surface area contributed by atoms with Crippen LogP contribution in [0.4, 0.5) is 11.4 Å². The van der Waals surface area contributed by atoms with Crippen LogP contribution in [-0.2, 0) is 14.6 Å². The zero-order valence-electron chi connectivity index (χ0n) is 13.7. The molecule has 1 amide bonds. The fourth-order valence-electron chi connectivity index (χ4n) is 2.14. The summed E-state index contributed by atoms with van der Waals surface area (Å²) in [6.07, 6.45) is 1.10. The quantitative estimate of drug-likeness (QED) is 0.850. The maximum Gasteiger partial charge on any atom is 0.243 e. The number of nitrogens with one attached hydrogen (secondary N) is 2. The molecule has 5 nitrogen and oxygen atoms in total. The van der Waals surface area contributed by atoms with E-state index in [-0.39, 0.29) is 28.1 Å². The monoisotopic (exact) mass is 366 g/mol. The van der Waals surface area contributed by atoms with Crippen molar-refractivity contribution in [2.75, 3.05) is 23.4 Å². The van der Waals surface area contributed by atoms with Crippen LogP contribution in [0.3, 0.4) is 0 Å². The molecule has 7 heteroatoms. The Labute approximate surface area is 147 Å². The molecule has 0 heterocycles. The number of aryl methyl sites for hydroxylation is 1. The topological polar surface area (TPSA) is 75.3 Å². The van der Waals surface area contributed by atoms with Crippen molar-refractivity contribution in [2.45, 2.75) is 18.7 Å². The van der Waals surface area contributed by atoms with Gasteiger partial charge in [0.1, 0.15) is 0 Å². The summed E-state index contributed by atoms with van der Waals surface area (Å²) in [6.45, 7) is 4.02. The van der Waals surface area contributed by atoms with E-state index in [1.165, 1.54) is 18.2 Å². The third-order valence-electron chi connectivity index (χ3n) is 3.68. The average Bonchev–Trinajstić information content (AvgIpc) is 2.50. The molecule has 0 saturated heterocycles. The van der Waals surface area contributed by atoms with E-state index >= 15 is 0 Å². The van der Waals surface area contributed by atoms with Crippen LogP contribution < -0.4 is 10.6 Å². The van der Waals surface area contributed by atoms with Gasteiger partial charge in [0.05, 0.1) is 22.2 Å². The van der Waals surface area contributed by atoms with Gasteiger partial charge in [0.25, 0.3) is 0 Å². The van der Waals surface area contributed by atoms with Crippen molar-refractivity contribution < 1.29 is 13.2 Å². The van der Waals surface area contributed by atoms with Crippen molar-refractivity contribution >= 4 is 38.7 Å². The minimum atomic E-state index is -3.37. The first-order chi connectivity index (χ1) is 11.2. The third kappa shape index (κ3) is 4.49. The summed E-state index contributed by atoms with van der Waals surface area (Å²) < 4.78 is 23.2. The van der Waals surface area contributed by atoms with Gasteiger partial charge in [0.15, 0.2) is 9.84 Å². The van der Waals surface area contributed by atoms with E-state index in [1.54, 1.807) is 0 Å².